The van der Waals surface area contributed by atoms with Gasteiger partial charge in [0.25, 0.3) is 0 Å². The Hall–Kier alpha value is -2.77. The summed E-state index contributed by atoms with van der Waals surface area (Å²) in [5, 5.41) is 9.73. The first-order valence-electron chi connectivity index (χ1n) is 11.0. The van der Waals surface area contributed by atoms with Crippen molar-refractivity contribution in [1.82, 2.24) is 4.98 Å². The zero-order chi connectivity index (χ0) is 22.2. The Bertz CT molecular complexity index is 1020. The Kier molecular flexibility index (Phi) is 7.50. The molecule has 2 heterocycles. The van der Waals surface area contributed by atoms with Crippen molar-refractivity contribution in [3.05, 3.63) is 106 Å². The highest BCUT2D eigenvalue weighted by Crippen LogP contribution is 2.43. The second kappa shape index (κ2) is 10.7. The maximum Gasteiger partial charge on any atom is 0.222 e. The number of aliphatic hydroxyl groups excluding tert-OH is 1. The van der Waals surface area contributed by atoms with Crippen LogP contribution in [0.2, 0.25) is 0 Å². The first kappa shape index (κ1) is 22.4. The third-order valence-electron chi connectivity index (χ3n) is 5.67. The summed E-state index contributed by atoms with van der Waals surface area (Å²) in [6.07, 6.45) is 2.57. The quantitative estimate of drug-likeness (QED) is 0.530. The smallest absolute Gasteiger partial charge is 0.222 e. The van der Waals surface area contributed by atoms with E-state index in [4.69, 9.17) is 14.2 Å². The molecule has 4 rings (SSSR count). The van der Waals surface area contributed by atoms with Gasteiger partial charge in [0.05, 0.1) is 13.2 Å². The highest BCUT2D eigenvalue weighted by Gasteiger charge is 2.48. The zero-order valence-corrected chi connectivity index (χ0v) is 18.0. The maximum absolute atomic E-state index is 12.0. The van der Waals surface area contributed by atoms with E-state index in [1.165, 1.54) is 12.1 Å². The van der Waals surface area contributed by atoms with Crippen LogP contribution in [0.4, 0.5) is 0 Å². The second-order valence-electron chi connectivity index (χ2n) is 7.91. The predicted molar refractivity (Wildman–Crippen MR) is 121 cm³/mol. The number of aliphatic hydroxyl groups is 1. The van der Waals surface area contributed by atoms with E-state index in [1.54, 1.807) is 6.20 Å². The fourth-order valence-electron chi connectivity index (χ4n) is 4.11. The fraction of sp³-hybridized carbons (Fsp3) is 0.346. The molecule has 1 fully saturated rings. The van der Waals surface area contributed by atoms with Gasteiger partial charge in [-0.05, 0) is 18.4 Å². The molecule has 0 aliphatic carbocycles. The number of hydrogen-bond acceptors (Lipinski definition) is 5. The SMILES string of the molecule is O=c1cc[nH]c(C(CCO)OC2(c3ccccc3)OCCCC2OCc2ccccc2)c1. The van der Waals surface area contributed by atoms with E-state index in [9.17, 15) is 9.90 Å². The predicted octanol–water partition coefficient (Wildman–Crippen LogP) is 4.06. The number of nitrogens with one attached hydrogen (secondary N) is 1. The van der Waals surface area contributed by atoms with E-state index in [2.05, 4.69) is 4.98 Å². The van der Waals surface area contributed by atoms with Crippen molar-refractivity contribution in [1.29, 1.82) is 0 Å². The van der Waals surface area contributed by atoms with Crippen molar-refractivity contribution in [2.45, 2.75) is 43.9 Å². The first-order chi connectivity index (χ1) is 15.7. The molecule has 6 nitrogen and oxygen atoms in total. The largest absolute Gasteiger partial charge is 0.396 e. The molecule has 32 heavy (non-hydrogen) atoms. The lowest BCUT2D eigenvalue weighted by Gasteiger charge is -2.45. The van der Waals surface area contributed by atoms with Gasteiger partial charge in [-0.3, -0.25) is 4.79 Å². The molecule has 1 aliphatic heterocycles. The van der Waals surface area contributed by atoms with E-state index in [1.807, 2.05) is 60.7 Å². The molecule has 3 unspecified atom stereocenters. The van der Waals surface area contributed by atoms with Crippen LogP contribution < -0.4 is 5.43 Å². The van der Waals surface area contributed by atoms with Gasteiger partial charge in [0.1, 0.15) is 12.2 Å². The number of H-pyrrole nitrogens is 1. The van der Waals surface area contributed by atoms with Gasteiger partial charge < -0.3 is 24.3 Å². The molecule has 0 radical (unpaired) electrons. The molecular formula is C26H29NO5. The van der Waals surface area contributed by atoms with Crippen molar-refractivity contribution in [3.63, 3.8) is 0 Å². The summed E-state index contributed by atoms with van der Waals surface area (Å²) in [5.74, 6) is -1.17. The van der Waals surface area contributed by atoms with Gasteiger partial charge in [0.15, 0.2) is 5.43 Å². The summed E-state index contributed by atoms with van der Waals surface area (Å²) in [6.45, 7) is 0.860. The number of pyridine rings is 1. The average Bonchev–Trinajstić information content (AvgIpc) is 2.84. The minimum absolute atomic E-state index is 0.0952. The molecule has 0 saturated carbocycles. The lowest BCUT2D eigenvalue weighted by atomic mass is 9.93. The zero-order valence-electron chi connectivity index (χ0n) is 18.0. The molecule has 168 valence electrons. The van der Waals surface area contributed by atoms with Gasteiger partial charge in [-0.1, -0.05) is 60.7 Å². The molecule has 0 bridgehead atoms. The normalized spacial score (nSPS) is 21.8. The third kappa shape index (κ3) is 5.16. The number of benzene rings is 2. The van der Waals surface area contributed by atoms with E-state index >= 15 is 0 Å². The monoisotopic (exact) mass is 435 g/mol. The number of hydrogen-bond donors (Lipinski definition) is 2. The molecule has 0 amide bonds. The first-order valence-corrected chi connectivity index (χ1v) is 11.0. The highest BCUT2D eigenvalue weighted by atomic mass is 16.7. The van der Waals surface area contributed by atoms with Crippen molar-refractivity contribution < 1.29 is 19.3 Å². The molecule has 1 aliphatic rings. The summed E-state index contributed by atoms with van der Waals surface area (Å²) in [7, 11) is 0. The number of aromatic nitrogens is 1. The Morgan fingerprint density at radius 2 is 1.84 bits per heavy atom. The Labute approximate surface area is 187 Å². The number of rotatable bonds is 9. The molecule has 2 N–H and O–H groups in total. The number of ether oxygens (including phenoxy) is 3. The average molecular weight is 436 g/mol. The van der Waals surface area contributed by atoms with Crippen LogP contribution in [-0.4, -0.2) is 29.4 Å². The molecule has 6 heteroatoms. The molecule has 1 saturated heterocycles. The summed E-state index contributed by atoms with van der Waals surface area (Å²) in [6, 6.07) is 22.7. The van der Waals surface area contributed by atoms with Crippen LogP contribution in [0.1, 0.15) is 42.2 Å². The van der Waals surface area contributed by atoms with Crippen molar-refractivity contribution >= 4 is 0 Å². The van der Waals surface area contributed by atoms with Crippen LogP contribution in [0.15, 0.2) is 83.8 Å². The summed E-state index contributed by atoms with van der Waals surface area (Å²) < 4.78 is 19.4. The standard InChI is InChI=1S/C26H29NO5/c28-16-14-24(23-18-22(29)13-15-27-23)32-26(21-10-5-2-6-11-21)25(12-7-17-31-26)30-19-20-8-3-1-4-9-20/h1-6,8-11,13,15,18,24-25,28H,7,12,14,16-17,19H2,(H,27,29). The van der Waals surface area contributed by atoms with Gasteiger partial charge in [-0.15, -0.1) is 0 Å². The van der Waals surface area contributed by atoms with Crippen LogP contribution in [0.3, 0.4) is 0 Å². The van der Waals surface area contributed by atoms with Gasteiger partial charge in [-0.2, -0.15) is 0 Å². The molecule has 1 aromatic heterocycles. The summed E-state index contributed by atoms with van der Waals surface area (Å²) in [5.41, 5.74) is 2.39. The van der Waals surface area contributed by atoms with Crippen LogP contribution in [0.5, 0.6) is 0 Å². The lowest BCUT2D eigenvalue weighted by molar-refractivity contribution is -0.339. The molecule has 3 aromatic rings. The highest BCUT2D eigenvalue weighted by molar-refractivity contribution is 5.23. The van der Waals surface area contributed by atoms with Crippen molar-refractivity contribution in [2.75, 3.05) is 13.2 Å². The minimum atomic E-state index is -1.17. The molecular weight excluding hydrogens is 406 g/mol. The Balaban J connectivity index is 1.69. The maximum atomic E-state index is 12.0. The Morgan fingerprint density at radius 3 is 2.56 bits per heavy atom. The Morgan fingerprint density at radius 1 is 1.09 bits per heavy atom. The van der Waals surface area contributed by atoms with E-state index < -0.39 is 11.9 Å². The van der Waals surface area contributed by atoms with Crippen LogP contribution in [0.25, 0.3) is 0 Å². The van der Waals surface area contributed by atoms with Gasteiger partial charge in [0.2, 0.25) is 5.79 Å². The molecule has 2 aromatic carbocycles. The number of aromatic amines is 1. The van der Waals surface area contributed by atoms with Crippen LogP contribution in [0, 0.1) is 0 Å². The molecule has 0 spiro atoms. The van der Waals surface area contributed by atoms with Crippen molar-refractivity contribution in [3.8, 4) is 0 Å². The minimum Gasteiger partial charge on any atom is -0.396 e. The van der Waals surface area contributed by atoms with Crippen LogP contribution >= 0.6 is 0 Å². The topological polar surface area (TPSA) is 80.8 Å². The van der Waals surface area contributed by atoms with Crippen LogP contribution in [-0.2, 0) is 26.6 Å². The summed E-state index contributed by atoms with van der Waals surface area (Å²) >= 11 is 0. The van der Waals surface area contributed by atoms with Gasteiger partial charge in [-0.25, -0.2) is 0 Å². The van der Waals surface area contributed by atoms with Gasteiger partial charge in [0, 0.05) is 42.6 Å². The molecule has 3 atom stereocenters. The van der Waals surface area contributed by atoms with Crippen molar-refractivity contribution in [2.24, 2.45) is 0 Å². The second-order valence-corrected chi connectivity index (χ2v) is 7.91. The fourth-order valence-corrected chi connectivity index (χ4v) is 4.11. The summed E-state index contributed by atoms with van der Waals surface area (Å²) in [4.78, 5) is 15.1. The van der Waals surface area contributed by atoms with E-state index in [-0.39, 0.29) is 18.1 Å². The van der Waals surface area contributed by atoms with E-state index in [0.29, 0.717) is 25.3 Å². The van der Waals surface area contributed by atoms with Gasteiger partial charge >= 0.3 is 0 Å². The third-order valence-corrected chi connectivity index (χ3v) is 5.67. The van der Waals surface area contributed by atoms with E-state index in [0.717, 1.165) is 24.0 Å². The lowest BCUT2D eigenvalue weighted by Crippen LogP contribution is -2.50.